The summed E-state index contributed by atoms with van der Waals surface area (Å²) in [4.78, 5) is 0. The number of allylic oxidation sites excluding steroid dienone is 4. The summed E-state index contributed by atoms with van der Waals surface area (Å²) in [6.45, 7) is 7.67. The molecule has 0 bridgehead atoms. The molecule has 10 heavy (non-hydrogen) atoms. The van der Waals surface area contributed by atoms with E-state index in [-0.39, 0.29) is 0 Å². The van der Waals surface area contributed by atoms with Gasteiger partial charge in [0.2, 0.25) is 0 Å². The van der Waals surface area contributed by atoms with Crippen LogP contribution in [-0.2, 0) is 4.74 Å². The summed E-state index contributed by atoms with van der Waals surface area (Å²) in [7, 11) is 1.61. The smallest absolute Gasteiger partial charge is 0.111 e. The van der Waals surface area contributed by atoms with Crippen molar-refractivity contribution in [2.75, 3.05) is 7.11 Å². The first kappa shape index (κ1) is 9.02. The van der Waals surface area contributed by atoms with E-state index in [1.54, 1.807) is 7.11 Å². The van der Waals surface area contributed by atoms with Crippen LogP contribution in [0.5, 0.6) is 0 Å². The van der Waals surface area contributed by atoms with E-state index in [1.807, 2.05) is 32.1 Å². The predicted octanol–water partition coefficient (Wildman–Crippen LogP) is 2.67. The Kier molecular flexibility index (Phi) is 4.38. The monoisotopic (exact) mass is 138 g/mol. The minimum atomic E-state index is 0.682. The van der Waals surface area contributed by atoms with Gasteiger partial charge in [-0.15, -0.1) is 0 Å². The molecule has 0 rings (SSSR count). The van der Waals surface area contributed by atoms with Crippen molar-refractivity contribution in [3.63, 3.8) is 0 Å². The van der Waals surface area contributed by atoms with E-state index in [0.29, 0.717) is 5.76 Å². The molecular weight excluding hydrogens is 124 g/mol. The number of hydrogen-bond donors (Lipinski definition) is 0. The van der Waals surface area contributed by atoms with Gasteiger partial charge in [-0.2, -0.15) is 0 Å². The first-order valence-electron chi connectivity index (χ1n) is 3.24. The van der Waals surface area contributed by atoms with Gasteiger partial charge in [0.05, 0.1) is 7.11 Å². The number of methoxy groups -OCH3 is 1. The number of hydrogen-bond acceptors (Lipinski definition) is 1. The van der Waals surface area contributed by atoms with Crippen molar-refractivity contribution >= 4 is 0 Å². The van der Waals surface area contributed by atoms with Crippen LogP contribution in [0.1, 0.15) is 13.8 Å². The maximum absolute atomic E-state index is 4.84. The van der Waals surface area contributed by atoms with Crippen molar-refractivity contribution in [3.05, 3.63) is 36.1 Å². The summed E-state index contributed by atoms with van der Waals surface area (Å²) in [5.74, 6) is 0.682. The maximum atomic E-state index is 4.84. The molecular formula is C9H14O. The Balaban J connectivity index is 3.88. The molecule has 0 fully saturated rings. The highest BCUT2D eigenvalue weighted by Gasteiger charge is 1.81. The first-order valence-corrected chi connectivity index (χ1v) is 3.24. The van der Waals surface area contributed by atoms with Crippen molar-refractivity contribution in [2.24, 2.45) is 0 Å². The van der Waals surface area contributed by atoms with Gasteiger partial charge < -0.3 is 4.74 Å². The summed E-state index contributed by atoms with van der Waals surface area (Å²) in [6, 6.07) is 0. The van der Waals surface area contributed by atoms with Crippen LogP contribution in [0.2, 0.25) is 0 Å². The fraction of sp³-hybridized carbons (Fsp3) is 0.333. The molecule has 0 aromatic heterocycles. The molecule has 0 spiro atoms. The van der Waals surface area contributed by atoms with Gasteiger partial charge in [0.15, 0.2) is 0 Å². The van der Waals surface area contributed by atoms with E-state index in [9.17, 15) is 0 Å². The van der Waals surface area contributed by atoms with Crippen molar-refractivity contribution in [2.45, 2.75) is 13.8 Å². The van der Waals surface area contributed by atoms with Crippen LogP contribution in [0.3, 0.4) is 0 Å². The van der Waals surface area contributed by atoms with Crippen LogP contribution in [0.4, 0.5) is 0 Å². The molecule has 0 N–H and O–H groups in total. The zero-order valence-corrected chi connectivity index (χ0v) is 6.85. The minimum absolute atomic E-state index is 0.682. The van der Waals surface area contributed by atoms with E-state index in [4.69, 9.17) is 4.74 Å². The van der Waals surface area contributed by atoms with Crippen LogP contribution in [0.25, 0.3) is 0 Å². The molecule has 0 atom stereocenters. The largest absolute Gasteiger partial charge is 0.497 e. The summed E-state index contributed by atoms with van der Waals surface area (Å²) in [5.41, 5.74) is 1.21. The summed E-state index contributed by atoms with van der Waals surface area (Å²) in [6.07, 6.45) is 5.83. The van der Waals surface area contributed by atoms with Crippen LogP contribution >= 0.6 is 0 Å². The van der Waals surface area contributed by atoms with Crippen molar-refractivity contribution in [1.29, 1.82) is 0 Å². The van der Waals surface area contributed by atoms with Crippen LogP contribution < -0.4 is 0 Å². The zero-order chi connectivity index (χ0) is 7.98. The fourth-order valence-electron chi connectivity index (χ4n) is 0.389. The average molecular weight is 138 g/mol. The van der Waals surface area contributed by atoms with E-state index in [1.165, 1.54) is 5.57 Å². The van der Waals surface area contributed by atoms with Crippen molar-refractivity contribution in [3.8, 4) is 0 Å². The highest BCUT2D eigenvalue weighted by Crippen LogP contribution is 1.98. The second kappa shape index (κ2) is 4.86. The van der Waals surface area contributed by atoms with Gasteiger partial charge in [-0.1, -0.05) is 24.3 Å². The molecule has 1 nitrogen and oxygen atoms in total. The van der Waals surface area contributed by atoms with Crippen molar-refractivity contribution in [1.82, 2.24) is 0 Å². The van der Waals surface area contributed by atoms with Crippen LogP contribution in [-0.4, -0.2) is 7.11 Å². The SMILES string of the molecule is C=C(/C=C\C(C)=C\C)OC. The van der Waals surface area contributed by atoms with Gasteiger partial charge in [-0.3, -0.25) is 0 Å². The van der Waals surface area contributed by atoms with Gasteiger partial charge in [-0.05, 0) is 19.9 Å². The summed E-state index contributed by atoms with van der Waals surface area (Å²) in [5, 5.41) is 0. The van der Waals surface area contributed by atoms with Crippen LogP contribution in [0.15, 0.2) is 36.1 Å². The van der Waals surface area contributed by atoms with Gasteiger partial charge in [0.25, 0.3) is 0 Å². The highest BCUT2D eigenvalue weighted by atomic mass is 16.5. The summed E-state index contributed by atoms with van der Waals surface area (Å²) >= 11 is 0. The molecule has 0 heterocycles. The molecule has 0 aliphatic rings. The zero-order valence-electron chi connectivity index (χ0n) is 6.85. The first-order chi connectivity index (χ1) is 4.70. The molecule has 56 valence electrons. The van der Waals surface area contributed by atoms with Crippen molar-refractivity contribution < 1.29 is 4.74 Å². The predicted molar refractivity (Wildman–Crippen MR) is 44.7 cm³/mol. The molecule has 0 saturated heterocycles. The maximum Gasteiger partial charge on any atom is 0.111 e. The van der Waals surface area contributed by atoms with E-state index >= 15 is 0 Å². The molecule has 1 heteroatoms. The molecule has 0 aliphatic carbocycles. The molecule has 0 aliphatic heterocycles. The second-order valence-electron chi connectivity index (χ2n) is 2.04. The van der Waals surface area contributed by atoms with E-state index < -0.39 is 0 Å². The lowest BCUT2D eigenvalue weighted by Crippen LogP contribution is -1.76. The molecule has 0 aromatic rings. The number of rotatable bonds is 3. The molecule has 0 saturated carbocycles. The Labute approximate surface area is 62.7 Å². The molecule has 0 aromatic carbocycles. The standard InChI is InChI=1S/C9H14O/c1-5-8(2)6-7-9(3)10-4/h5-7H,3H2,1-2,4H3/b7-6-,8-5+. The Bertz CT molecular complexity index is 164. The lowest BCUT2D eigenvalue weighted by atomic mass is 10.2. The lowest BCUT2D eigenvalue weighted by molar-refractivity contribution is 0.309. The Hall–Kier alpha value is -0.980. The second-order valence-corrected chi connectivity index (χ2v) is 2.04. The normalized spacial score (nSPS) is 12.1. The van der Waals surface area contributed by atoms with E-state index in [2.05, 4.69) is 6.58 Å². The number of ether oxygens (including phenoxy) is 1. The topological polar surface area (TPSA) is 9.23 Å². The fourth-order valence-corrected chi connectivity index (χ4v) is 0.389. The third-order valence-electron chi connectivity index (χ3n) is 1.25. The third kappa shape index (κ3) is 3.96. The Morgan fingerprint density at radius 2 is 2.00 bits per heavy atom. The molecule has 0 radical (unpaired) electrons. The quantitative estimate of drug-likeness (QED) is 0.430. The molecule has 0 amide bonds. The van der Waals surface area contributed by atoms with Crippen LogP contribution in [0, 0.1) is 0 Å². The molecule has 0 unspecified atom stereocenters. The summed E-state index contributed by atoms with van der Waals surface area (Å²) < 4.78 is 4.84. The minimum Gasteiger partial charge on any atom is -0.497 e. The third-order valence-corrected chi connectivity index (χ3v) is 1.25. The Morgan fingerprint density at radius 1 is 1.40 bits per heavy atom. The highest BCUT2D eigenvalue weighted by molar-refractivity contribution is 5.21. The Morgan fingerprint density at radius 3 is 2.40 bits per heavy atom. The van der Waals surface area contributed by atoms with Gasteiger partial charge in [0, 0.05) is 0 Å². The van der Waals surface area contributed by atoms with Gasteiger partial charge >= 0.3 is 0 Å². The van der Waals surface area contributed by atoms with Gasteiger partial charge in [0.1, 0.15) is 5.76 Å². The average Bonchev–Trinajstić information content (AvgIpc) is 1.99. The van der Waals surface area contributed by atoms with E-state index in [0.717, 1.165) is 0 Å². The van der Waals surface area contributed by atoms with Gasteiger partial charge in [-0.25, -0.2) is 0 Å². The lowest BCUT2D eigenvalue weighted by Gasteiger charge is -1.94.